The van der Waals surface area contributed by atoms with Crippen molar-refractivity contribution >= 4 is 41.7 Å². The summed E-state index contributed by atoms with van der Waals surface area (Å²) in [4.78, 5) is 16.1. The van der Waals surface area contributed by atoms with Gasteiger partial charge in [-0.1, -0.05) is 12.1 Å². The Morgan fingerprint density at radius 3 is 2.58 bits per heavy atom. The number of carbonyl (C=O) groups is 1. The van der Waals surface area contributed by atoms with Crippen LogP contribution in [0.1, 0.15) is 32.8 Å². The lowest BCUT2D eigenvalue weighted by Gasteiger charge is -2.19. The molecule has 1 heterocycles. The Bertz CT molecular complexity index is 553. The van der Waals surface area contributed by atoms with E-state index in [9.17, 15) is 4.79 Å². The molecule has 2 rings (SSSR count). The van der Waals surface area contributed by atoms with Crippen LogP contribution in [0.4, 0.5) is 10.5 Å². The summed E-state index contributed by atoms with van der Waals surface area (Å²) in [5.74, 6) is 0.888. The summed E-state index contributed by atoms with van der Waals surface area (Å²) in [6.07, 6.45) is 1.55. The largest absolute Gasteiger partial charge is 0.444 e. The van der Waals surface area contributed by atoms with Crippen LogP contribution in [0.15, 0.2) is 29.3 Å². The van der Waals surface area contributed by atoms with E-state index in [0.29, 0.717) is 0 Å². The number of amides is 1. The summed E-state index contributed by atoms with van der Waals surface area (Å²) >= 11 is 0. The van der Waals surface area contributed by atoms with Crippen LogP contribution in [0.3, 0.4) is 0 Å². The highest BCUT2D eigenvalue weighted by atomic mass is 127. The zero-order chi connectivity index (χ0) is 16.7. The summed E-state index contributed by atoms with van der Waals surface area (Å²) < 4.78 is 5.22. The fourth-order valence-corrected chi connectivity index (χ4v) is 2.15. The average Bonchev–Trinajstić information content (AvgIpc) is 2.48. The molecule has 3 N–H and O–H groups in total. The molecule has 24 heavy (non-hydrogen) atoms. The number of ether oxygens (including phenoxy) is 1. The fraction of sp³-hybridized carbons (Fsp3) is 0.529. The maximum atomic E-state index is 11.7. The predicted octanol–water partition coefficient (Wildman–Crippen LogP) is 3.13. The summed E-state index contributed by atoms with van der Waals surface area (Å²) in [6.45, 7) is 8.22. The van der Waals surface area contributed by atoms with Gasteiger partial charge in [0.2, 0.25) is 0 Å². The Morgan fingerprint density at radius 2 is 2.00 bits per heavy atom. The second-order valence-electron chi connectivity index (χ2n) is 6.51. The summed E-state index contributed by atoms with van der Waals surface area (Å²) in [5, 5.41) is 9.25. The SMILES string of the molecule is CC(C)(C)OC(=O)Nc1ccc(CCNC2=NCCCN2)cc1.I. The summed E-state index contributed by atoms with van der Waals surface area (Å²) in [5.41, 5.74) is 1.43. The van der Waals surface area contributed by atoms with Gasteiger partial charge in [-0.3, -0.25) is 10.3 Å². The molecule has 0 saturated carbocycles. The number of rotatable bonds is 4. The summed E-state index contributed by atoms with van der Waals surface area (Å²) in [7, 11) is 0. The molecule has 0 bridgehead atoms. The molecule has 1 aliphatic rings. The van der Waals surface area contributed by atoms with Crippen LogP contribution < -0.4 is 16.0 Å². The molecule has 134 valence electrons. The number of halogens is 1. The van der Waals surface area contributed by atoms with Crippen LogP contribution in [0.5, 0.6) is 0 Å². The minimum atomic E-state index is -0.494. The molecule has 6 nitrogen and oxygen atoms in total. The second kappa shape index (κ2) is 9.71. The van der Waals surface area contributed by atoms with E-state index in [-0.39, 0.29) is 24.0 Å². The Morgan fingerprint density at radius 1 is 1.29 bits per heavy atom. The molecule has 0 aromatic heterocycles. The van der Waals surface area contributed by atoms with E-state index < -0.39 is 11.7 Å². The number of carbonyl (C=O) groups excluding carboxylic acids is 1. The molecule has 1 aromatic carbocycles. The van der Waals surface area contributed by atoms with Crippen molar-refractivity contribution in [2.45, 2.75) is 39.2 Å². The van der Waals surface area contributed by atoms with Crippen molar-refractivity contribution in [2.75, 3.05) is 25.0 Å². The number of benzene rings is 1. The van der Waals surface area contributed by atoms with Gasteiger partial charge in [0.1, 0.15) is 5.60 Å². The van der Waals surface area contributed by atoms with Crippen molar-refractivity contribution in [2.24, 2.45) is 4.99 Å². The lowest BCUT2D eigenvalue weighted by atomic mass is 10.1. The van der Waals surface area contributed by atoms with Gasteiger partial charge < -0.3 is 15.4 Å². The van der Waals surface area contributed by atoms with E-state index in [4.69, 9.17) is 4.74 Å². The van der Waals surface area contributed by atoms with Gasteiger partial charge in [0.25, 0.3) is 0 Å². The highest BCUT2D eigenvalue weighted by Crippen LogP contribution is 2.13. The van der Waals surface area contributed by atoms with Crippen molar-refractivity contribution in [1.29, 1.82) is 0 Å². The molecule has 1 aliphatic heterocycles. The Balaban J connectivity index is 0.00000288. The van der Waals surface area contributed by atoms with Crippen molar-refractivity contribution in [1.82, 2.24) is 10.6 Å². The van der Waals surface area contributed by atoms with Crippen molar-refractivity contribution in [3.05, 3.63) is 29.8 Å². The first kappa shape index (κ1) is 20.5. The molecule has 0 aliphatic carbocycles. The first-order valence-corrected chi connectivity index (χ1v) is 8.03. The molecule has 0 saturated heterocycles. The molecule has 7 heteroatoms. The minimum Gasteiger partial charge on any atom is -0.444 e. The van der Waals surface area contributed by atoms with Gasteiger partial charge in [-0.05, 0) is 51.3 Å². The third-order valence-electron chi connectivity index (χ3n) is 3.20. The molecule has 1 aromatic rings. The minimum absolute atomic E-state index is 0. The van der Waals surface area contributed by atoms with Gasteiger partial charge in [0, 0.05) is 25.3 Å². The highest BCUT2D eigenvalue weighted by molar-refractivity contribution is 14.0. The van der Waals surface area contributed by atoms with Gasteiger partial charge >= 0.3 is 6.09 Å². The van der Waals surface area contributed by atoms with Crippen LogP contribution in [0, 0.1) is 0 Å². The summed E-state index contributed by atoms with van der Waals surface area (Å²) in [6, 6.07) is 7.78. The highest BCUT2D eigenvalue weighted by Gasteiger charge is 2.16. The van der Waals surface area contributed by atoms with Crippen LogP contribution >= 0.6 is 24.0 Å². The van der Waals surface area contributed by atoms with Crippen LogP contribution in [-0.4, -0.2) is 37.3 Å². The van der Waals surface area contributed by atoms with Crippen molar-refractivity contribution < 1.29 is 9.53 Å². The molecule has 1 amide bonds. The van der Waals surface area contributed by atoms with Crippen molar-refractivity contribution in [3.8, 4) is 0 Å². The van der Waals surface area contributed by atoms with E-state index in [1.165, 1.54) is 5.56 Å². The van der Waals surface area contributed by atoms with Crippen molar-refractivity contribution in [3.63, 3.8) is 0 Å². The smallest absolute Gasteiger partial charge is 0.412 e. The third kappa shape index (κ3) is 7.85. The zero-order valence-electron chi connectivity index (χ0n) is 14.5. The molecule has 0 spiro atoms. The van der Waals surface area contributed by atoms with Gasteiger partial charge in [0.05, 0.1) is 0 Å². The molecular weight excluding hydrogens is 419 g/mol. The van der Waals surface area contributed by atoms with Gasteiger partial charge in [-0.25, -0.2) is 4.79 Å². The average molecular weight is 446 g/mol. The Labute approximate surface area is 160 Å². The molecule has 0 atom stereocenters. The topological polar surface area (TPSA) is 74.8 Å². The van der Waals surface area contributed by atoms with Crippen LogP contribution in [0.2, 0.25) is 0 Å². The molecular formula is C17H27IN4O2. The monoisotopic (exact) mass is 446 g/mol. The predicted molar refractivity (Wildman–Crippen MR) is 108 cm³/mol. The maximum Gasteiger partial charge on any atom is 0.412 e. The molecule has 0 fully saturated rings. The first-order valence-electron chi connectivity index (χ1n) is 8.03. The van der Waals surface area contributed by atoms with E-state index in [1.807, 2.05) is 45.0 Å². The standard InChI is InChI=1S/C17H26N4O2.HI/c1-17(2,3)23-16(22)21-14-7-5-13(6-8-14)9-12-20-15-18-10-4-11-19-15;/h5-8H,4,9-12H2,1-3H3,(H,21,22)(H2,18,19,20);1H. The number of hydrogen-bond acceptors (Lipinski definition) is 5. The number of anilines is 1. The lowest BCUT2D eigenvalue weighted by molar-refractivity contribution is 0.0636. The fourth-order valence-electron chi connectivity index (χ4n) is 2.15. The van der Waals surface area contributed by atoms with E-state index in [1.54, 1.807) is 0 Å². The number of hydrogen-bond donors (Lipinski definition) is 3. The molecule has 0 radical (unpaired) electrons. The van der Waals surface area contributed by atoms with Crippen LogP contribution in [-0.2, 0) is 11.2 Å². The second-order valence-corrected chi connectivity index (χ2v) is 6.51. The third-order valence-corrected chi connectivity index (χ3v) is 3.20. The van der Waals surface area contributed by atoms with Gasteiger partial charge in [0.15, 0.2) is 5.96 Å². The Kier molecular flexibility index (Phi) is 8.30. The number of aliphatic imine (C=N–C) groups is 1. The molecule has 0 unspecified atom stereocenters. The quantitative estimate of drug-likeness (QED) is 0.622. The Hall–Kier alpha value is -1.51. The van der Waals surface area contributed by atoms with Gasteiger partial charge in [-0.2, -0.15) is 0 Å². The lowest BCUT2D eigenvalue weighted by Crippen LogP contribution is -2.41. The normalized spacial score (nSPS) is 13.9. The van der Waals surface area contributed by atoms with E-state index in [0.717, 1.165) is 44.1 Å². The van der Waals surface area contributed by atoms with Gasteiger partial charge in [-0.15, -0.1) is 24.0 Å². The first-order chi connectivity index (χ1) is 10.9. The van der Waals surface area contributed by atoms with E-state index in [2.05, 4.69) is 20.9 Å². The zero-order valence-corrected chi connectivity index (χ0v) is 16.8. The number of nitrogens with one attached hydrogen (secondary N) is 3. The number of guanidine groups is 1. The number of nitrogens with zero attached hydrogens (tertiary/aromatic N) is 1. The maximum absolute atomic E-state index is 11.7. The van der Waals surface area contributed by atoms with Crippen LogP contribution in [0.25, 0.3) is 0 Å². The van der Waals surface area contributed by atoms with E-state index >= 15 is 0 Å².